The van der Waals surface area contributed by atoms with E-state index in [1.54, 1.807) is 0 Å². The molecule has 0 atom stereocenters. The van der Waals surface area contributed by atoms with Gasteiger partial charge in [-0.2, -0.15) is 12.8 Å². The SMILES string of the molecule is C=C(CCCC)C(C[CH2-])C[CH2-].[Na+]. The van der Waals surface area contributed by atoms with Gasteiger partial charge in [0, 0.05) is 0 Å². The summed E-state index contributed by atoms with van der Waals surface area (Å²) in [6.45, 7) is 14.0. The summed E-state index contributed by atoms with van der Waals surface area (Å²) in [4.78, 5) is 0. The number of rotatable bonds is 6. The average molecular weight is 175 g/mol. The fourth-order valence-electron chi connectivity index (χ4n) is 1.16. The molecule has 0 rings (SSSR count). The molecule has 0 saturated carbocycles. The number of unbranched alkanes of at least 4 members (excludes halogenated alkanes) is 1. The van der Waals surface area contributed by atoms with Crippen molar-refractivity contribution in [2.75, 3.05) is 0 Å². The van der Waals surface area contributed by atoms with E-state index >= 15 is 0 Å². The molecular weight excluding hydrogens is 155 g/mol. The molecule has 0 heterocycles. The Labute approximate surface area is 100 Å². The second-order valence-electron chi connectivity index (χ2n) is 3.04. The zero-order chi connectivity index (χ0) is 8.69. The molecule has 0 aliphatic heterocycles. The first-order valence-corrected chi connectivity index (χ1v) is 4.52. The Morgan fingerprint density at radius 2 is 1.83 bits per heavy atom. The molecule has 66 valence electrons. The minimum absolute atomic E-state index is 0. The molecule has 0 fully saturated rings. The van der Waals surface area contributed by atoms with E-state index in [4.69, 9.17) is 0 Å². The van der Waals surface area contributed by atoms with E-state index in [1.165, 1.54) is 18.4 Å². The average Bonchev–Trinajstić information content (AvgIpc) is 2.03. The molecule has 0 N–H and O–H groups in total. The van der Waals surface area contributed by atoms with Crippen molar-refractivity contribution in [1.82, 2.24) is 0 Å². The summed E-state index contributed by atoms with van der Waals surface area (Å²) in [5.41, 5.74) is 1.34. The van der Waals surface area contributed by atoms with Gasteiger partial charge in [-0.15, -0.1) is 0 Å². The molecule has 0 aromatic rings. The molecule has 0 aromatic heterocycles. The first kappa shape index (κ1) is 15.2. The number of hydrogen-bond acceptors (Lipinski definition) is 0. The largest absolute Gasteiger partial charge is 1.00 e. The summed E-state index contributed by atoms with van der Waals surface area (Å²) >= 11 is 0. The van der Waals surface area contributed by atoms with Crippen molar-refractivity contribution in [3.8, 4) is 0 Å². The first-order chi connectivity index (χ1) is 5.26. The smallest absolute Gasteiger partial charge is 0.343 e. The molecule has 1 heteroatoms. The maximum absolute atomic E-state index is 4.05. The number of allylic oxidation sites excluding steroid dienone is 1. The van der Waals surface area contributed by atoms with Crippen molar-refractivity contribution in [1.29, 1.82) is 0 Å². The normalized spacial score (nSPS) is 9.67. The van der Waals surface area contributed by atoms with E-state index in [0.29, 0.717) is 5.92 Å². The van der Waals surface area contributed by atoms with Crippen LogP contribution in [0, 0.1) is 19.8 Å². The van der Waals surface area contributed by atoms with Crippen molar-refractivity contribution in [3.05, 3.63) is 26.0 Å². The van der Waals surface area contributed by atoms with Gasteiger partial charge in [-0.3, -0.25) is 0 Å². The third kappa shape index (κ3) is 6.28. The third-order valence-corrected chi connectivity index (χ3v) is 2.13. The van der Waals surface area contributed by atoms with Crippen LogP contribution in [0.4, 0.5) is 0 Å². The standard InChI is InChI=1S/C11H20.Na/c1-5-8-9-10(4)11(6-2)7-3;/h11H,2-9H2,1H3;/q-2;+1. The molecule has 0 spiro atoms. The zero-order valence-corrected chi connectivity index (χ0v) is 10.7. The van der Waals surface area contributed by atoms with Gasteiger partial charge in [0.25, 0.3) is 0 Å². The molecule has 0 radical (unpaired) electrons. The van der Waals surface area contributed by atoms with Crippen LogP contribution in [0.5, 0.6) is 0 Å². The van der Waals surface area contributed by atoms with Crippen molar-refractivity contribution in [3.63, 3.8) is 0 Å². The Hall–Kier alpha value is 0.740. The van der Waals surface area contributed by atoms with Gasteiger partial charge in [-0.05, 0) is 12.8 Å². The summed E-state index contributed by atoms with van der Waals surface area (Å²) in [6, 6.07) is 0. The minimum Gasteiger partial charge on any atom is -0.343 e. The Bertz CT molecular complexity index is 104. The van der Waals surface area contributed by atoms with Crippen LogP contribution >= 0.6 is 0 Å². The maximum atomic E-state index is 4.05. The van der Waals surface area contributed by atoms with Crippen LogP contribution in [-0.2, 0) is 0 Å². The van der Waals surface area contributed by atoms with E-state index < -0.39 is 0 Å². The molecular formula is C11H20Na-. The second kappa shape index (κ2) is 9.83. The van der Waals surface area contributed by atoms with Gasteiger partial charge in [0.2, 0.25) is 0 Å². The summed E-state index contributed by atoms with van der Waals surface area (Å²) in [7, 11) is 0. The second-order valence-corrected chi connectivity index (χ2v) is 3.04. The van der Waals surface area contributed by atoms with Gasteiger partial charge >= 0.3 is 29.6 Å². The molecule has 12 heavy (non-hydrogen) atoms. The van der Waals surface area contributed by atoms with Crippen molar-refractivity contribution < 1.29 is 29.6 Å². The van der Waals surface area contributed by atoms with E-state index in [0.717, 1.165) is 19.3 Å². The molecule has 0 bridgehead atoms. The van der Waals surface area contributed by atoms with Crippen molar-refractivity contribution in [2.24, 2.45) is 5.92 Å². The third-order valence-electron chi connectivity index (χ3n) is 2.13. The quantitative estimate of drug-likeness (QED) is 0.318. The van der Waals surface area contributed by atoms with Crippen LogP contribution < -0.4 is 29.6 Å². The van der Waals surface area contributed by atoms with Crippen LogP contribution in [0.15, 0.2) is 12.2 Å². The molecule has 0 unspecified atom stereocenters. The van der Waals surface area contributed by atoms with Gasteiger partial charge in [0.1, 0.15) is 0 Å². The van der Waals surface area contributed by atoms with E-state index in [2.05, 4.69) is 27.4 Å². The Morgan fingerprint density at radius 3 is 2.17 bits per heavy atom. The van der Waals surface area contributed by atoms with Gasteiger partial charge in [0.15, 0.2) is 0 Å². The molecule has 0 aliphatic carbocycles. The minimum atomic E-state index is 0. The summed E-state index contributed by atoms with van der Waals surface area (Å²) < 4.78 is 0. The van der Waals surface area contributed by atoms with E-state index in [1.807, 2.05) is 0 Å². The fourth-order valence-corrected chi connectivity index (χ4v) is 1.16. The van der Waals surface area contributed by atoms with Gasteiger partial charge < -0.3 is 13.8 Å². The molecule has 0 aromatic carbocycles. The number of hydrogen-bond donors (Lipinski definition) is 0. The Kier molecular flexibility index (Phi) is 12.5. The van der Waals surface area contributed by atoms with Gasteiger partial charge in [-0.1, -0.05) is 31.4 Å². The topological polar surface area (TPSA) is 0 Å². The van der Waals surface area contributed by atoms with Crippen LogP contribution in [0.2, 0.25) is 0 Å². The zero-order valence-electron chi connectivity index (χ0n) is 8.73. The summed E-state index contributed by atoms with van der Waals surface area (Å²) in [5, 5.41) is 0. The van der Waals surface area contributed by atoms with Gasteiger partial charge in [0.05, 0.1) is 0 Å². The molecule has 0 amide bonds. The Morgan fingerprint density at radius 1 is 1.33 bits per heavy atom. The van der Waals surface area contributed by atoms with E-state index in [9.17, 15) is 0 Å². The predicted octanol–water partition coefficient (Wildman–Crippen LogP) is 0.801. The van der Waals surface area contributed by atoms with Crippen LogP contribution in [-0.4, -0.2) is 0 Å². The van der Waals surface area contributed by atoms with Crippen molar-refractivity contribution in [2.45, 2.75) is 39.0 Å². The van der Waals surface area contributed by atoms with E-state index in [-0.39, 0.29) is 29.6 Å². The van der Waals surface area contributed by atoms with Crippen LogP contribution in [0.25, 0.3) is 0 Å². The first-order valence-electron chi connectivity index (χ1n) is 4.52. The van der Waals surface area contributed by atoms with Crippen LogP contribution in [0.3, 0.4) is 0 Å². The molecule has 0 saturated heterocycles. The fraction of sp³-hybridized carbons (Fsp3) is 0.636. The molecule has 0 aliphatic rings. The van der Waals surface area contributed by atoms with Crippen LogP contribution in [0.1, 0.15) is 39.0 Å². The summed E-state index contributed by atoms with van der Waals surface area (Å²) in [6.07, 6.45) is 5.57. The monoisotopic (exact) mass is 175 g/mol. The maximum Gasteiger partial charge on any atom is 1.00 e. The van der Waals surface area contributed by atoms with Gasteiger partial charge in [-0.25, -0.2) is 0 Å². The molecule has 0 nitrogen and oxygen atoms in total. The summed E-state index contributed by atoms with van der Waals surface area (Å²) in [5.74, 6) is 0.557. The predicted molar refractivity (Wildman–Crippen MR) is 52.1 cm³/mol. The van der Waals surface area contributed by atoms with Crippen molar-refractivity contribution >= 4 is 0 Å². The Balaban J connectivity index is 0.